The zero-order valence-corrected chi connectivity index (χ0v) is 11.6. The summed E-state index contributed by atoms with van der Waals surface area (Å²) in [5, 5.41) is 0. The first-order valence-corrected chi connectivity index (χ1v) is 6.51. The van der Waals surface area contributed by atoms with Crippen LogP contribution in [0.1, 0.15) is 28.4 Å². The first-order valence-electron chi connectivity index (χ1n) is 6.51. The number of hydrogen-bond acceptors (Lipinski definition) is 3. The summed E-state index contributed by atoms with van der Waals surface area (Å²) in [5.74, 6) is -0.346. The van der Waals surface area contributed by atoms with Crippen LogP contribution in [-0.2, 0) is 4.74 Å². The van der Waals surface area contributed by atoms with Crippen LogP contribution in [0.3, 0.4) is 0 Å². The highest BCUT2D eigenvalue weighted by Crippen LogP contribution is 2.10. The van der Waals surface area contributed by atoms with Crippen LogP contribution in [-0.4, -0.2) is 18.4 Å². The van der Waals surface area contributed by atoms with Crippen molar-refractivity contribution in [2.75, 3.05) is 0 Å². The number of esters is 1. The average Bonchev–Trinajstić information content (AvgIpc) is 2.46. The van der Waals surface area contributed by atoms with Gasteiger partial charge in [-0.2, -0.15) is 0 Å². The smallest absolute Gasteiger partial charge is 0.340 e. The Labute approximate surface area is 118 Å². The van der Waals surface area contributed by atoms with Crippen LogP contribution >= 0.6 is 0 Å². The van der Waals surface area contributed by atoms with Crippen LogP contribution in [0.2, 0.25) is 0 Å². The molecular formula is C17H17NO2. The van der Waals surface area contributed by atoms with Crippen molar-refractivity contribution in [1.29, 1.82) is 0 Å². The number of hydrogen-bond donors (Lipinski definition) is 0. The summed E-state index contributed by atoms with van der Waals surface area (Å²) in [6.07, 6.45) is 1.19. The number of aliphatic imine (C=N–C) groups is 1. The summed E-state index contributed by atoms with van der Waals surface area (Å²) in [4.78, 5) is 16.2. The Morgan fingerprint density at radius 3 is 2.45 bits per heavy atom. The molecule has 1 atom stereocenters. The van der Waals surface area contributed by atoms with E-state index < -0.39 is 6.23 Å². The van der Waals surface area contributed by atoms with E-state index in [4.69, 9.17) is 4.74 Å². The molecule has 0 N–H and O–H groups in total. The molecule has 0 saturated carbocycles. The second-order valence-corrected chi connectivity index (χ2v) is 4.51. The van der Waals surface area contributed by atoms with E-state index in [1.165, 1.54) is 0 Å². The van der Waals surface area contributed by atoms with E-state index >= 15 is 0 Å². The maximum atomic E-state index is 12.0. The zero-order valence-electron chi connectivity index (χ0n) is 11.6. The van der Waals surface area contributed by atoms with Crippen molar-refractivity contribution in [3.63, 3.8) is 0 Å². The standard InChI is InChI=1S/C17H17NO2/c1-13-8-6-7-11-16(13)17(19)20-14(2)18-12-15-9-4-3-5-10-15/h3-12,14H,1-2H3. The summed E-state index contributed by atoms with van der Waals surface area (Å²) < 4.78 is 5.30. The van der Waals surface area contributed by atoms with E-state index in [9.17, 15) is 4.79 Å². The second-order valence-electron chi connectivity index (χ2n) is 4.51. The molecule has 102 valence electrons. The fourth-order valence-corrected chi connectivity index (χ4v) is 1.78. The molecule has 20 heavy (non-hydrogen) atoms. The Kier molecular flexibility index (Phi) is 4.66. The summed E-state index contributed by atoms with van der Waals surface area (Å²) in [7, 11) is 0. The van der Waals surface area contributed by atoms with Gasteiger partial charge in [0.1, 0.15) is 0 Å². The summed E-state index contributed by atoms with van der Waals surface area (Å²) in [5.41, 5.74) is 2.46. The van der Waals surface area contributed by atoms with Gasteiger partial charge in [-0.15, -0.1) is 0 Å². The lowest BCUT2D eigenvalue weighted by molar-refractivity contribution is 0.0360. The monoisotopic (exact) mass is 267 g/mol. The maximum Gasteiger partial charge on any atom is 0.340 e. The van der Waals surface area contributed by atoms with Gasteiger partial charge >= 0.3 is 5.97 Å². The number of benzene rings is 2. The van der Waals surface area contributed by atoms with Crippen molar-refractivity contribution in [1.82, 2.24) is 0 Å². The molecule has 0 fully saturated rings. The molecule has 0 aliphatic heterocycles. The molecule has 0 heterocycles. The van der Waals surface area contributed by atoms with Crippen LogP contribution < -0.4 is 0 Å². The molecule has 3 heteroatoms. The van der Waals surface area contributed by atoms with Crippen LogP contribution in [0.15, 0.2) is 59.6 Å². The lowest BCUT2D eigenvalue weighted by Gasteiger charge is -2.10. The first kappa shape index (κ1) is 14.0. The van der Waals surface area contributed by atoms with Gasteiger partial charge in [0.05, 0.1) is 5.56 Å². The third-order valence-electron chi connectivity index (χ3n) is 2.88. The van der Waals surface area contributed by atoms with Crippen LogP contribution in [0.25, 0.3) is 0 Å². The van der Waals surface area contributed by atoms with Gasteiger partial charge in [-0.3, -0.25) is 4.99 Å². The lowest BCUT2D eigenvalue weighted by Crippen LogP contribution is -2.14. The van der Waals surface area contributed by atoms with Gasteiger partial charge in [-0.25, -0.2) is 4.79 Å². The van der Waals surface area contributed by atoms with E-state index in [0.717, 1.165) is 11.1 Å². The van der Waals surface area contributed by atoms with Crippen molar-refractivity contribution in [3.8, 4) is 0 Å². The number of carbonyl (C=O) groups is 1. The molecule has 0 aromatic heterocycles. The fraction of sp³-hybridized carbons (Fsp3) is 0.176. The van der Waals surface area contributed by atoms with E-state index in [1.54, 1.807) is 19.2 Å². The predicted octanol–water partition coefficient (Wildman–Crippen LogP) is 3.62. The Morgan fingerprint density at radius 2 is 1.75 bits per heavy atom. The summed E-state index contributed by atoms with van der Waals surface area (Å²) >= 11 is 0. The van der Waals surface area contributed by atoms with Crippen molar-refractivity contribution >= 4 is 12.2 Å². The zero-order chi connectivity index (χ0) is 14.4. The van der Waals surface area contributed by atoms with Gasteiger partial charge in [0.15, 0.2) is 6.23 Å². The van der Waals surface area contributed by atoms with E-state index in [2.05, 4.69) is 4.99 Å². The Morgan fingerprint density at radius 1 is 1.10 bits per heavy atom. The van der Waals surface area contributed by atoms with E-state index in [0.29, 0.717) is 5.56 Å². The molecule has 0 radical (unpaired) electrons. The van der Waals surface area contributed by atoms with Gasteiger partial charge in [-0.05, 0) is 31.0 Å². The van der Waals surface area contributed by atoms with Gasteiger partial charge in [-0.1, -0.05) is 48.5 Å². The molecule has 2 aromatic carbocycles. The largest absolute Gasteiger partial charge is 0.436 e. The highest BCUT2D eigenvalue weighted by molar-refractivity contribution is 5.91. The number of aryl methyl sites for hydroxylation is 1. The molecule has 0 aliphatic rings. The highest BCUT2D eigenvalue weighted by Gasteiger charge is 2.12. The Bertz CT molecular complexity index is 605. The highest BCUT2D eigenvalue weighted by atomic mass is 16.6. The van der Waals surface area contributed by atoms with Crippen molar-refractivity contribution < 1.29 is 9.53 Å². The quantitative estimate of drug-likeness (QED) is 0.627. The van der Waals surface area contributed by atoms with Crippen LogP contribution in [0.5, 0.6) is 0 Å². The topological polar surface area (TPSA) is 38.7 Å². The molecule has 1 unspecified atom stereocenters. The van der Waals surface area contributed by atoms with Gasteiger partial charge in [0.25, 0.3) is 0 Å². The van der Waals surface area contributed by atoms with Gasteiger partial charge < -0.3 is 4.74 Å². The fourth-order valence-electron chi connectivity index (χ4n) is 1.78. The maximum absolute atomic E-state index is 12.0. The second kappa shape index (κ2) is 6.66. The third kappa shape index (κ3) is 3.79. The molecule has 2 aromatic rings. The Balaban J connectivity index is 1.98. The van der Waals surface area contributed by atoms with Crippen molar-refractivity contribution in [3.05, 3.63) is 71.3 Å². The van der Waals surface area contributed by atoms with E-state index in [1.807, 2.05) is 55.5 Å². The third-order valence-corrected chi connectivity index (χ3v) is 2.88. The minimum absolute atomic E-state index is 0.346. The molecule has 0 saturated heterocycles. The normalized spacial score (nSPS) is 12.3. The molecule has 0 bridgehead atoms. The Hall–Kier alpha value is -2.42. The average molecular weight is 267 g/mol. The molecule has 0 aliphatic carbocycles. The molecule has 0 spiro atoms. The predicted molar refractivity (Wildman–Crippen MR) is 80.1 cm³/mol. The van der Waals surface area contributed by atoms with E-state index in [-0.39, 0.29) is 5.97 Å². The number of ether oxygens (including phenoxy) is 1. The van der Waals surface area contributed by atoms with Gasteiger partial charge in [0, 0.05) is 6.21 Å². The molecule has 3 nitrogen and oxygen atoms in total. The van der Waals surface area contributed by atoms with Gasteiger partial charge in [0.2, 0.25) is 0 Å². The van der Waals surface area contributed by atoms with Crippen molar-refractivity contribution in [2.45, 2.75) is 20.1 Å². The van der Waals surface area contributed by atoms with Crippen LogP contribution in [0, 0.1) is 6.92 Å². The minimum Gasteiger partial charge on any atom is -0.436 e. The number of rotatable bonds is 4. The summed E-state index contributed by atoms with van der Waals surface area (Å²) in [6.45, 7) is 3.63. The minimum atomic E-state index is -0.512. The number of nitrogens with zero attached hydrogens (tertiary/aromatic N) is 1. The SMILES string of the molecule is Cc1ccccc1C(=O)OC(C)N=Cc1ccccc1. The lowest BCUT2D eigenvalue weighted by atomic mass is 10.1. The molecular weight excluding hydrogens is 250 g/mol. The number of carbonyl (C=O) groups excluding carboxylic acids is 1. The van der Waals surface area contributed by atoms with Crippen LogP contribution in [0.4, 0.5) is 0 Å². The summed E-state index contributed by atoms with van der Waals surface area (Å²) in [6, 6.07) is 17.1. The van der Waals surface area contributed by atoms with Crippen molar-refractivity contribution in [2.24, 2.45) is 4.99 Å². The molecule has 0 amide bonds. The molecule has 2 rings (SSSR count). The first-order chi connectivity index (χ1) is 9.66.